The molecule has 39 heavy (non-hydrogen) atoms. The molecule has 12 nitrogen and oxygen atoms in total. The van der Waals surface area contributed by atoms with Crippen molar-refractivity contribution in [3.05, 3.63) is 29.8 Å². The summed E-state index contributed by atoms with van der Waals surface area (Å²) in [5, 5.41) is 9.32. The van der Waals surface area contributed by atoms with E-state index in [0.717, 1.165) is 38.5 Å². The molecule has 0 aliphatic carbocycles. The van der Waals surface area contributed by atoms with Gasteiger partial charge in [0, 0.05) is 24.7 Å². The molecule has 1 aromatic carbocycles. The van der Waals surface area contributed by atoms with E-state index in [0.29, 0.717) is 18.7 Å². The van der Waals surface area contributed by atoms with E-state index >= 15 is 0 Å². The summed E-state index contributed by atoms with van der Waals surface area (Å²) in [6.07, 6.45) is 1.76. The highest BCUT2D eigenvalue weighted by Crippen LogP contribution is 2.42. The maximum Gasteiger partial charge on any atom is 0.434 e. The summed E-state index contributed by atoms with van der Waals surface area (Å²) in [5.74, 6) is -0.917. The average Bonchev–Trinajstić information content (AvgIpc) is 2.88. The molecule has 218 valence electrons. The van der Waals surface area contributed by atoms with E-state index in [1.807, 2.05) is 34.6 Å². The molecule has 0 spiro atoms. The van der Waals surface area contributed by atoms with Crippen LogP contribution in [0.4, 0.5) is 9.59 Å². The van der Waals surface area contributed by atoms with Crippen LogP contribution in [-0.2, 0) is 25.9 Å². The number of hydrogen-bond acceptors (Lipinski definition) is 10. The highest BCUT2D eigenvalue weighted by Gasteiger charge is 2.48. The molecule has 0 bridgehead atoms. The molecule has 0 saturated carbocycles. The van der Waals surface area contributed by atoms with E-state index in [1.54, 1.807) is 17.0 Å². The van der Waals surface area contributed by atoms with Crippen LogP contribution < -0.4 is 10.5 Å². The third kappa shape index (κ3) is 7.52. The van der Waals surface area contributed by atoms with Gasteiger partial charge in [0.15, 0.2) is 0 Å². The van der Waals surface area contributed by atoms with E-state index in [1.165, 1.54) is 17.0 Å². The molecule has 2 saturated heterocycles. The molecule has 3 rings (SSSR count). The van der Waals surface area contributed by atoms with Crippen molar-refractivity contribution in [2.75, 3.05) is 13.1 Å². The maximum atomic E-state index is 13.4. The molecule has 2 amide bonds. The first kappa shape index (κ1) is 30.5. The molecule has 3 N–H and O–H groups in total. The Morgan fingerprint density at radius 1 is 1.05 bits per heavy atom. The summed E-state index contributed by atoms with van der Waals surface area (Å²) < 4.78 is 5.41. The number of amides is 2. The Labute approximate surface area is 229 Å². The van der Waals surface area contributed by atoms with Gasteiger partial charge in [0.25, 0.3) is 0 Å². The van der Waals surface area contributed by atoms with Gasteiger partial charge in [0.2, 0.25) is 11.6 Å². The molecule has 1 unspecified atom stereocenters. The van der Waals surface area contributed by atoms with Crippen LogP contribution in [0.5, 0.6) is 5.75 Å². The summed E-state index contributed by atoms with van der Waals surface area (Å²) in [4.78, 5) is 57.9. The Hall–Kier alpha value is -3.09. The fraction of sp³-hybridized carbons (Fsp3) is 0.667. The van der Waals surface area contributed by atoms with E-state index in [4.69, 9.17) is 25.0 Å². The first-order valence-electron chi connectivity index (χ1n) is 13.5. The summed E-state index contributed by atoms with van der Waals surface area (Å²) >= 11 is 0. The predicted octanol–water partition coefficient (Wildman–Crippen LogP) is 3.87. The standard InChI is InChI=1S/C27H42N4O8/c1-19-10-6-8-16-29(19)24(34)38-31(37-23(33)22(28)36-21-13-11-20(18-32)12-14-21)39-25(35)30-17-9-7-15-27(30,5)26(2,3)4/h11-14,19,22,32H,6-10,15-18,28H2,1-5H3/t19-,22?,27-/m0/s1. The van der Waals surface area contributed by atoms with Gasteiger partial charge >= 0.3 is 18.2 Å². The van der Waals surface area contributed by atoms with Crippen molar-refractivity contribution in [2.45, 2.75) is 97.6 Å². The lowest BCUT2D eigenvalue weighted by Crippen LogP contribution is -2.60. The smallest absolute Gasteiger partial charge is 0.434 e. The van der Waals surface area contributed by atoms with Gasteiger partial charge in [-0.25, -0.2) is 14.4 Å². The fourth-order valence-corrected chi connectivity index (χ4v) is 4.84. The summed E-state index contributed by atoms with van der Waals surface area (Å²) in [6.45, 7) is 10.7. The van der Waals surface area contributed by atoms with Crippen molar-refractivity contribution in [3.63, 3.8) is 0 Å². The van der Waals surface area contributed by atoms with Crippen molar-refractivity contribution >= 4 is 18.2 Å². The number of rotatable bonds is 7. The molecule has 0 radical (unpaired) electrons. The molecule has 1 aromatic rings. The molecule has 2 aliphatic heterocycles. The van der Waals surface area contributed by atoms with Crippen LogP contribution in [0.3, 0.4) is 0 Å². The highest BCUT2D eigenvalue weighted by molar-refractivity contribution is 5.74. The molecule has 2 aliphatic rings. The zero-order valence-electron chi connectivity index (χ0n) is 23.6. The lowest BCUT2D eigenvalue weighted by atomic mass is 9.69. The van der Waals surface area contributed by atoms with Crippen LogP contribution in [0.25, 0.3) is 0 Å². The first-order chi connectivity index (χ1) is 18.4. The normalized spacial score (nSPS) is 22.7. The molecule has 3 atom stereocenters. The van der Waals surface area contributed by atoms with Crippen LogP contribution in [0.2, 0.25) is 0 Å². The number of nitrogens with zero attached hydrogens (tertiary/aromatic N) is 3. The van der Waals surface area contributed by atoms with Crippen molar-refractivity contribution in [2.24, 2.45) is 11.1 Å². The maximum absolute atomic E-state index is 13.4. The van der Waals surface area contributed by atoms with Gasteiger partial charge in [-0.15, -0.1) is 0 Å². The Bertz CT molecular complexity index is 998. The number of likely N-dealkylation sites (tertiary alicyclic amines) is 2. The average molecular weight is 551 g/mol. The summed E-state index contributed by atoms with van der Waals surface area (Å²) in [7, 11) is 0. The second-order valence-electron chi connectivity index (χ2n) is 11.4. The number of carbonyl (C=O) groups is 3. The number of aliphatic hydroxyl groups is 1. The highest BCUT2D eigenvalue weighted by atomic mass is 17.2. The van der Waals surface area contributed by atoms with Crippen molar-refractivity contribution in [1.29, 1.82) is 0 Å². The van der Waals surface area contributed by atoms with Gasteiger partial charge in [-0.3, -0.25) is 20.2 Å². The van der Waals surface area contributed by atoms with E-state index < -0.39 is 29.9 Å². The molecular weight excluding hydrogens is 508 g/mol. The van der Waals surface area contributed by atoms with Crippen molar-refractivity contribution in [3.8, 4) is 5.75 Å². The van der Waals surface area contributed by atoms with Crippen LogP contribution in [0, 0.1) is 5.41 Å². The Morgan fingerprint density at radius 3 is 2.31 bits per heavy atom. The summed E-state index contributed by atoms with van der Waals surface area (Å²) in [6, 6.07) is 6.16. The number of carbonyl (C=O) groups excluding carboxylic acids is 3. The van der Waals surface area contributed by atoms with Crippen LogP contribution in [-0.4, -0.2) is 69.4 Å². The van der Waals surface area contributed by atoms with Gasteiger partial charge in [0.05, 0.1) is 6.61 Å². The predicted molar refractivity (Wildman–Crippen MR) is 140 cm³/mol. The van der Waals surface area contributed by atoms with Crippen LogP contribution in [0.1, 0.15) is 78.7 Å². The van der Waals surface area contributed by atoms with Crippen molar-refractivity contribution < 1.29 is 38.7 Å². The van der Waals surface area contributed by atoms with E-state index in [-0.39, 0.29) is 29.2 Å². The molecule has 12 heteroatoms. The van der Waals surface area contributed by atoms with E-state index in [9.17, 15) is 19.5 Å². The van der Waals surface area contributed by atoms with Gasteiger partial charge in [-0.2, -0.15) is 0 Å². The number of nitrogens with two attached hydrogens (primary N) is 1. The van der Waals surface area contributed by atoms with Crippen LogP contribution >= 0.6 is 0 Å². The SMILES string of the molecule is C[C@H]1CCCCN1C(=O)ON(OC(=O)C(N)Oc1ccc(CO)cc1)OC(=O)N1CCCC[C@@]1(C)C(C)(C)C. The Balaban J connectivity index is 1.75. The zero-order chi connectivity index (χ0) is 28.8. The topological polar surface area (TPSA) is 144 Å². The lowest BCUT2D eigenvalue weighted by Gasteiger charge is -2.52. The van der Waals surface area contributed by atoms with E-state index in [2.05, 4.69) is 0 Å². The third-order valence-electron chi connectivity index (χ3n) is 7.84. The Kier molecular flexibility index (Phi) is 10.0. The zero-order valence-corrected chi connectivity index (χ0v) is 23.6. The second-order valence-corrected chi connectivity index (χ2v) is 11.4. The fourth-order valence-electron chi connectivity index (χ4n) is 4.84. The monoisotopic (exact) mass is 550 g/mol. The number of benzene rings is 1. The van der Waals surface area contributed by atoms with Crippen LogP contribution in [0.15, 0.2) is 24.3 Å². The second kappa shape index (κ2) is 12.8. The first-order valence-corrected chi connectivity index (χ1v) is 13.5. The van der Waals surface area contributed by atoms with Gasteiger partial charge in [0.1, 0.15) is 5.75 Å². The minimum Gasteiger partial charge on any atom is -0.464 e. The van der Waals surface area contributed by atoms with Gasteiger partial charge < -0.3 is 19.6 Å². The molecule has 0 aromatic heterocycles. The third-order valence-corrected chi connectivity index (χ3v) is 7.84. The largest absolute Gasteiger partial charge is 0.464 e. The minimum atomic E-state index is -1.63. The minimum absolute atomic E-state index is 0.0988. The lowest BCUT2D eigenvalue weighted by molar-refractivity contribution is -0.461. The number of piperidine rings is 2. The van der Waals surface area contributed by atoms with Gasteiger partial charge in [-0.1, -0.05) is 32.9 Å². The number of aliphatic hydroxyl groups excluding tert-OH is 1. The number of hydrogen-bond donors (Lipinski definition) is 2. The molecule has 2 heterocycles. The summed E-state index contributed by atoms with van der Waals surface area (Å²) in [5.41, 5.74) is 5.68. The quantitative estimate of drug-likeness (QED) is 0.379. The number of ether oxygens (including phenoxy) is 1. The molecular formula is C27H42N4O8. The van der Waals surface area contributed by atoms with Gasteiger partial charge in [-0.05, 0) is 75.5 Å². The molecule has 2 fully saturated rings. The Morgan fingerprint density at radius 2 is 1.69 bits per heavy atom. The van der Waals surface area contributed by atoms with Crippen molar-refractivity contribution in [1.82, 2.24) is 15.2 Å².